The molecular weight excluding hydrogens is 199 g/mol. The number of methoxy groups -OCH3 is 1. The normalized spacial score (nSPS) is 11.3. The van der Waals surface area contributed by atoms with Gasteiger partial charge in [-0.25, -0.2) is 9.18 Å². The molecule has 0 atom stereocenters. The summed E-state index contributed by atoms with van der Waals surface area (Å²) in [6.07, 6.45) is 1.45. The van der Waals surface area contributed by atoms with Gasteiger partial charge in [-0.2, -0.15) is 0 Å². The molecule has 0 heterocycles. The van der Waals surface area contributed by atoms with E-state index in [1.807, 2.05) is 0 Å². The number of aliphatic carboxylic acids is 1. The Morgan fingerprint density at radius 3 is 2.73 bits per heavy atom. The third-order valence-electron chi connectivity index (χ3n) is 1.90. The number of hydrogen-bond donors (Lipinski definition) is 1. The largest absolute Gasteiger partial charge is 0.494 e. The number of hydrogen-bond acceptors (Lipinski definition) is 2. The minimum Gasteiger partial charge on any atom is -0.494 e. The molecule has 0 unspecified atom stereocenters. The molecule has 0 spiro atoms. The van der Waals surface area contributed by atoms with Gasteiger partial charge in [-0.3, -0.25) is 0 Å². The number of carboxylic acids is 1. The van der Waals surface area contributed by atoms with Crippen LogP contribution in [0.4, 0.5) is 4.39 Å². The molecular formula is C11H11FO3. The highest BCUT2D eigenvalue weighted by atomic mass is 19.1. The van der Waals surface area contributed by atoms with Gasteiger partial charge >= 0.3 is 5.97 Å². The molecule has 0 aliphatic rings. The van der Waals surface area contributed by atoms with E-state index < -0.39 is 11.8 Å². The van der Waals surface area contributed by atoms with Gasteiger partial charge in [0.05, 0.1) is 7.11 Å². The van der Waals surface area contributed by atoms with Gasteiger partial charge in [-0.1, -0.05) is 6.07 Å². The second-order valence-electron chi connectivity index (χ2n) is 3.03. The predicted octanol–water partition coefficient (Wildman–Crippen LogP) is 2.32. The monoisotopic (exact) mass is 210 g/mol. The van der Waals surface area contributed by atoms with Gasteiger partial charge in [0.1, 0.15) is 0 Å². The van der Waals surface area contributed by atoms with E-state index in [0.29, 0.717) is 5.56 Å². The molecule has 0 aliphatic heterocycles. The van der Waals surface area contributed by atoms with E-state index in [1.165, 1.54) is 38.3 Å². The van der Waals surface area contributed by atoms with E-state index in [1.54, 1.807) is 0 Å². The summed E-state index contributed by atoms with van der Waals surface area (Å²) < 4.78 is 17.8. The fraction of sp³-hybridized carbons (Fsp3) is 0.182. The predicted molar refractivity (Wildman–Crippen MR) is 54.2 cm³/mol. The molecule has 0 aromatic heterocycles. The molecule has 0 saturated heterocycles. The Balaban J connectivity index is 3.07. The second-order valence-corrected chi connectivity index (χ2v) is 3.03. The highest BCUT2D eigenvalue weighted by molar-refractivity contribution is 5.91. The van der Waals surface area contributed by atoms with Crippen LogP contribution in [0.2, 0.25) is 0 Å². The van der Waals surface area contributed by atoms with Gasteiger partial charge in [0.25, 0.3) is 0 Å². The highest BCUT2D eigenvalue weighted by Crippen LogP contribution is 2.19. The SMILES string of the molecule is COc1cc(/C=C(\C)C(=O)O)ccc1F. The fourth-order valence-electron chi connectivity index (χ4n) is 1.08. The van der Waals surface area contributed by atoms with Crippen molar-refractivity contribution in [3.05, 3.63) is 35.2 Å². The van der Waals surface area contributed by atoms with Crippen molar-refractivity contribution in [3.8, 4) is 5.75 Å². The minimum atomic E-state index is -1.00. The second kappa shape index (κ2) is 4.59. The lowest BCUT2D eigenvalue weighted by molar-refractivity contribution is -0.132. The number of benzene rings is 1. The first kappa shape index (κ1) is 11.2. The molecule has 0 amide bonds. The first-order valence-corrected chi connectivity index (χ1v) is 4.29. The van der Waals surface area contributed by atoms with Crippen LogP contribution in [-0.2, 0) is 4.79 Å². The van der Waals surface area contributed by atoms with Crippen molar-refractivity contribution in [1.82, 2.24) is 0 Å². The van der Waals surface area contributed by atoms with Gasteiger partial charge in [-0.05, 0) is 30.7 Å². The molecule has 0 saturated carbocycles. The molecule has 0 fully saturated rings. The topological polar surface area (TPSA) is 46.5 Å². The van der Waals surface area contributed by atoms with Gasteiger partial charge in [0.15, 0.2) is 11.6 Å². The van der Waals surface area contributed by atoms with Gasteiger partial charge in [0.2, 0.25) is 0 Å². The third kappa shape index (κ3) is 2.80. The maximum Gasteiger partial charge on any atom is 0.331 e. The van der Waals surface area contributed by atoms with E-state index in [-0.39, 0.29) is 11.3 Å². The third-order valence-corrected chi connectivity index (χ3v) is 1.90. The summed E-state index contributed by atoms with van der Waals surface area (Å²) in [6.45, 7) is 1.47. The molecule has 0 bridgehead atoms. The average Bonchev–Trinajstić information content (AvgIpc) is 2.20. The lowest BCUT2D eigenvalue weighted by Crippen LogP contribution is -1.95. The Morgan fingerprint density at radius 2 is 2.20 bits per heavy atom. The molecule has 80 valence electrons. The highest BCUT2D eigenvalue weighted by Gasteiger charge is 2.04. The molecule has 0 radical (unpaired) electrons. The fourth-order valence-corrected chi connectivity index (χ4v) is 1.08. The van der Waals surface area contributed by atoms with Crippen LogP contribution in [0, 0.1) is 5.82 Å². The quantitative estimate of drug-likeness (QED) is 0.779. The van der Waals surface area contributed by atoms with Crippen molar-refractivity contribution >= 4 is 12.0 Å². The van der Waals surface area contributed by atoms with Crippen LogP contribution in [0.5, 0.6) is 5.75 Å². The van der Waals surface area contributed by atoms with Crippen molar-refractivity contribution in [1.29, 1.82) is 0 Å². The Hall–Kier alpha value is -1.84. The summed E-state index contributed by atoms with van der Waals surface area (Å²) in [5, 5.41) is 8.65. The zero-order valence-corrected chi connectivity index (χ0v) is 8.45. The van der Waals surface area contributed by atoms with Crippen LogP contribution >= 0.6 is 0 Å². The van der Waals surface area contributed by atoms with Crippen molar-refractivity contribution in [2.75, 3.05) is 7.11 Å². The molecule has 1 rings (SSSR count). The summed E-state index contributed by atoms with van der Waals surface area (Å²) in [4.78, 5) is 10.6. The van der Waals surface area contributed by atoms with Gasteiger partial charge in [0, 0.05) is 5.57 Å². The van der Waals surface area contributed by atoms with Crippen molar-refractivity contribution in [2.45, 2.75) is 6.92 Å². The number of rotatable bonds is 3. The average molecular weight is 210 g/mol. The van der Waals surface area contributed by atoms with E-state index >= 15 is 0 Å². The molecule has 1 aromatic rings. The number of halogens is 1. The standard InChI is InChI=1S/C11H11FO3/c1-7(11(13)14)5-8-3-4-9(12)10(6-8)15-2/h3-6H,1-2H3,(H,13,14)/b7-5+. The Kier molecular flexibility index (Phi) is 3.44. The Morgan fingerprint density at radius 1 is 1.53 bits per heavy atom. The zero-order valence-electron chi connectivity index (χ0n) is 8.45. The number of ether oxygens (including phenoxy) is 1. The van der Waals surface area contributed by atoms with Gasteiger partial charge < -0.3 is 9.84 Å². The summed E-state index contributed by atoms with van der Waals surface area (Å²) in [5.41, 5.74) is 0.775. The summed E-state index contributed by atoms with van der Waals surface area (Å²) in [6, 6.07) is 4.17. The van der Waals surface area contributed by atoms with Crippen LogP contribution in [-0.4, -0.2) is 18.2 Å². The van der Waals surface area contributed by atoms with E-state index in [0.717, 1.165) is 0 Å². The summed E-state index contributed by atoms with van der Waals surface area (Å²) in [5.74, 6) is -1.37. The van der Waals surface area contributed by atoms with Crippen LogP contribution in [0.15, 0.2) is 23.8 Å². The van der Waals surface area contributed by atoms with Gasteiger partial charge in [-0.15, -0.1) is 0 Å². The van der Waals surface area contributed by atoms with Crippen LogP contribution < -0.4 is 4.74 Å². The smallest absolute Gasteiger partial charge is 0.331 e. The van der Waals surface area contributed by atoms with E-state index in [2.05, 4.69) is 0 Å². The molecule has 1 aromatic carbocycles. The minimum absolute atomic E-state index is 0.0990. The molecule has 15 heavy (non-hydrogen) atoms. The maximum absolute atomic E-state index is 13.0. The summed E-state index contributed by atoms with van der Waals surface area (Å²) in [7, 11) is 1.36. The maximum atomic E-state index is 13.0. The van der Waals surface area contributed by atoms with Crippen molar-refractivity contribution < 1.29 is 19.0 Å². The molecule has 1 N–H and O–H groups in total. The summed E-state index contributed by atoms with van der Waals surface area (Å²) >= 11 is 0. The van der Waals surface area contributed by atoms with E-state index in [9.17, 15) is 9.18 Å². The zero-order chi connectivity index (χ0) is 11.4. The Labute approximate surface area is 86.8 Å². The van der Waals surface area contributed by atoms with Crippen molar-refractivity contribution in [2.24, 2.45) is 0 Å². The first-order valence-electron chi connectivity index (χ1n) is 4.29. The number of carboxylic acid groups (broad SMARTS) is 1. The molecule has 0 aliphatic carbocycles. The number of carbonyl (C=O) groups is 1. The molecule has 4 heteroatoms. The molecule has 3 nitrogen and oxygen atoms in total. The van der Waals surface area contributed by atoms with Crippen LogP contribution in [0.25, 0.3) is 6.08 Å². The van der Waals surface area contributed by atoms with Crippen LogP contribution in [0.1, 0.15) is 12.5 Å². The lowest BCUT2D eigenvalue weighted by Gasteiger charge is -2.02. The van der Waals surface area contributed by atoms with E-state index in [4.69, 9.17) is 9.84 Å². The Bertz CT molecular complexity index is 410. The van der Waals surface area contributed by atoms with Crippen molar-refractivity contribution in [3.63, 3.8) is 0 Å². The van der Waals surface area contributed by atoms with Crippen LogP contribution in [0.3, 0.4) is 0 Å². The first-order chi connectivity index (χ1) is 7.04. The lowest BCUT2D eigenvalue weighted by atomic mass is 10.1.